The van der Waals surface area contributed by atoms with Crippen LogP contribution in [0.25, 0.3) is 0 Å². The van der Waals surface area contributed by atoms with Crippen LogP contribution in [0.2, 0.25) is 0 Å². The molecule has 1 N–H and O–H groups in total. The van der Waals surface area contributed by atoms with Crippen LogP contribution in [0.15, 0.2) is 66.0 Å². The first-order chi connectivity index (χ1) is 13.0. The first-order valence-corrected chi connectivity index (χ1v) is 8.93. The van der Waals surface area contributed by atoms with Crippen LogP contribution in [0.5, 0.6) is 0 Å². The van der Waals surface area contributed by atoms with Gasteiger partial charge in [-0.1, -0.05) is 30.3 Å². The zero-order valence-electron chi connectivity index (χ0n) is 14.0. The zero-order chi connectivity index (χ0) is 19.2. The summed E-state index contributed by atoms with van der Waals surface area (Å²) in [6.45, 7) is 0.132. The van der Waals surface area contributed by atoms with E-state index in [1.165, 1.54) is 47.7 Å². The van der Waals surface area contributed by atoms with Gasteiger partial charge in [-0.3, -0.25) is 4.79 Å². The number of esters is 1. The van der Waals surface area contributed by atoms with Gasteiger partial charge in [0.1, 0.15) is 16.5 Å². The zero-order valence-corrected chi connectivity index (χ0v) is 14.8. The molecule has 3 rings (SSSR count). The van der Waals surface area contributed by atoms with Crippen molar-refractivity contribution in [1.82, 2.24) is 5.32 Å². The van der Waals surface area contributed by atoms with E-state index in [0.29, 0.717) is 16.0 Å². The van der Waals surface area contributed by atoms with Gasteiger partial charge in [0, 0.05) is 12.1 Å². The van der Waals surface area contributed by atoms with E-state index in [4.69, 9.17) is 4.74 Å². The van der Waals surface area contributed by atoms with Crippen LogP contribution in [0.1, 0.15) is 26.9 Å². The molecule has 1 atom stereocenters. The Labute approximate surface area is 158 Å². The Morgan fingerprint density at radius 2 is 1.59 bits per heavy atom. The predicted molar refractivity (Wildman–Crippen MR) is 97.1 cm³/mol. The molecule has 138 valence electrons. The molecule has 4 nitrogen and oxygen atoms in total. The van der Waals surface area contributed by atoms with Gasteiger partial charge in [0.2, 0.25) is 6.10 Å². The molecule has 0 aliphatic carbocycles. The van der Waals surface area contributed by atoms with Crippen molar-refractivity contribution >= 4 is 23.2 Å². The highest BCUT2D eigenvalue weighted by Gasteiger charge is 2.26. The highest BCUT2D eigenvalue weighted by molar-refractivity contribution is 7.11. The van der Waals surface area contributed by atoms with Crippen LogP contribution >= 0.6 is 11.3 Å². The number of carbonyl (C=O) groups excluding carboxylic acids is 2. The Morgan fingerprint density at radius 1 is 0.963 bits per heavy atom. The monoisotopic (exact) mass is 387 g/mol. The number of ether oxygens (including phenoxy) is 1. The van der Waals surface area contributed by atoms with E-state index < -0.39 is 23.8 Å². The molecule has 0 aliphatic rings. The SMILES string of the molecule is O=C(O[C@@H](C(=O)NCc1ccc(F)cc1)c1ccc(F)cc1)c1cccs1. The number of benzene rings is 2. The number of hydrogen-bond donors (Lipinski definition) is 1. The van der Waals surface area contributed by atoms with Crippen molar-refractivity contribution < 1.29 is 23.1 Å². The van der Waals surface area contributed by atoms with E-state index in [2.05, 4.69) is 5.32 Å². The normalized spacial score (nSPS) is 11.6. The Bertz CT molecular complexity index is 909. The van der Waals surface area contributed by atoms with Gasteiger partial charge >= 0.3 is 5.97 Å². The number of rotatable bonds is 6. The number of thiophene rings is 1. The third-order valence-electron chi connectivity index (χ3n) is 3.74. The molecule has 1 heterocycles. The standard InChI is InChI=1S/C20H15F2NO3S/c21-15-7-3-13(4-8-15)12-23-19(24)18(14-5-9-16(22)10-6-14)26-20(25)17-2-1-11-27-17/h1-11,18H,12H2,(H,23,24)/t18-/m1/s1. The molecule has 0 radical (unpaired) electrons. The maximum atomic E-state index is 13.2. The van der Waals surface area contributed by atoms with Gasteiger partial charge < -0.3 is 10.1 Å². The van der Waals surface area contributed by atoms with E-state index in [0.717, 1.165) is 0 Å². The van der Waals surface area contributed by atoms with Crippen LogP contribution < -0.4 is 5.32 Å². The second kappa shape index (κ2) is 8.55. The van der Waals surface area contributed by atoms with Crippen LogP contribution in [0, 0.1) is 11.6 Å². The highest BCUT2D eigenvalue weighted by Crippen LogP contribution is 2.22. The topological polar surface area (TPSA) is 55.4 Å². The lowest BCUT2D eigenvalue weighted by Gasteiger charge is -2.18. The summed E-state index contributed by atoms with van der Waals surface area (Å²) in [5.41, 5.74) is 1.03. The average molecular weight is 387 g/mol. The fraction of sp³-hybridized carbons (Fsp3) is 0.100. The first-order valence-electron chi connectivity index (χ1n) is 8.05. The molecule has 0 aliphatic heterocycles. The molecule has 0 bridgehead atoms. The van der Waals surface area contributed by atoms with E-state index in [-0.39, 0.29) is 12.4 Å². The molecule has 7 heteroatoms. The molecule has 0 fully saturated rings. The number of hydrogen-bond acceptors (Lipinski definition) is 4. The summed E-state index contributed by atoms with van der Waals surface area (Å²) in [7, 11) is 0. The molecule has 0 unspecified atom stereocenters. The van der Waals surface area contributed by atoms with Crippen molar-refractivity contribution in [2.24, 2.45) is 0 Å². The summed E-state index contributed by atoms with van der Waals surface area (Å²) in [6, 6.07) is 14.1. The molecule has 27 heavy (non-hydrogen) atoms. The second-order valence-electron chi connectivity index (χ2n) is 5.66. The molecule has 0 saturated carbocycles. The largest absolute Gasteiger partial charge is 0.443 e. The summed E-state index contributed by atoms with van der Waals surface area (Å²) in [5, 5.41) is 4.37. The van der Waals surface area contributed by atoms with Gasteiger partial charge in [-0.05, 0) is 41.3 Å². The summed E-state index contributed by atoms with van der Waals surface area (Å²) >= 11 is 1.19. The van der Waals surface area contributed by atoms with Crippen molar-refractivity contribution in [2.45, 2.75) is 12.6 Å². The minimum atomic E-state index is -1.24. The van der Waals surface area contributed by atoms with Gasteiger partial charge in [-0.15, -0.1) is 11.3 Å². The summed E-state index contributed by atoms with van der Waals surface area (Å²) in [5.74, 6) is -2.04. The third kappa shape index (κ3) is 4.98. The number of nitrogens with one attached hydrogen (secondary N) is 1. The Morgan fingerprint density at radius 3 is 2.19 bits per heavy atom. The van der Waals surface area contributed by atoms with Crippen LogP contribution in [0.3, 0.4) is 0 Å². The number of amides is 1. The van der Waals surface area contributed by atoms with Crippen molar-refractivity contribution in [1.29, 1.82) is 0 Å². The van der Waals surface area contributed by atoms with Crippen LogP contribution in [-0.2, 0) is 16.1 Å². The Hall–Kier alpha value is -3.06. The molecule has 1 amide bonds. The van der Waals surface area contributed by atoms with Gasteiger partial charge in [-0.2, -0.15) is 0 Å². The second-order valence-corrected chi connectivity index (χ2v) is 6.61. The summed E-state index contributed by atoms with van der Waals surface area (Å²) in [6.07, 6.45) is -1.24. The Kier molecular flexibility index (Phi) is 5.93. The highest BCUT2D eigenvalue weighted by atomic mass is 32.1. The smallest absolute Gasteiger partial charge is 0.349 e. The maximum absolute atomic E-state index is 13.2. The maximum Gasteiger partial charge on any atom is 0.349 e. The summed E-state index contributed by atoms with van der Waals surface area (Å²) in [4.78, 5) is 25.2. The Balaban J connectivity index is 1.75. The molecule has 0 spiro atoms. The molecular weight excluding hydrogens is 372 g/mol. The lowest BCUT2D eigenvalue weighted by molar-refractivity contribution is -0.130. The van der Waals surface area contributed by atoms with Crippen LogP contribution in [-0.4, -0.2) is 11.9 Å². The minimum absolute atomic E-state index is 0.132. The summed E-state index contributed by atoms with van der Waals surface area (Å²) < 4.78 is 31.5. The quantitative estimate of drug-likeness (QED) is 0.644. The van der Waals surface area contributed by atoms with Gasteiger partial charge in [0.25, 0.3) is 5.91 Å². The first kappa shape index (κ1) is 18.7. The minimum Gasteiger partial charge on any atom is -0.443 e. The van der Waals surface area contributed by atoms with E-state index >= 15 is 0 Å². The van der Waals surface area contributed by atoms with E-state index in [1.807, 2.05) is 0 Å². The van der Waals surface area contributed by atoms with Crippen molar-refractivity contribution in [2.75, 3.05) is 0 Å². The van der Waals surface area contributed by atoms with Gasteiger partial charge in [0.05, 0.1) is 0 Å². The molecule has 0 saturated heterocycles. The van der Waals surface area contributed by atoms with Crippen LogP contribution in [0.4, 0.5) is 8.78 Å². The van der Waals surface area contributed by atoms with Gasteiger partial charge in [-0.25, -0.2) is 13.6 Å². The molecular formula is C20H15F2NO3S. The van der Waals surface area contributed by atoms with Gasteiger partial charge in [0.15, 0.2) is 0 Å². The predicted octanol–water partition coefficient (Wildman–Crippen LogP) is 4.24. The fourth-order valence-electron chi connectivity index (χ4n) is 2.35. The number of carbonyl (C=O) groups is 2. The lowest BCUT2D eigenvalue weighted by Crippen LogP contribution is -2.31. The number of halogens is 2. The van der Waals surface area contributed by atoms with Crippen molar-refractivity contribution in [3.8, 4) is 0 Å². The van der Waals surface area contributed by atoms with Crippen molar-refractivity contribution in [3.63, 3.8) is 0 Å². The van der Waals surface area contributed by atoms with E-state index in [9.17, 15) is 18.4 Å². The molecule has 1 aromatic heterocycles. The lowest BCUT2D eigenvalue weighted by atomic mass is 10.1. The third-order valence-corrected chi connectivity index (χ3v) is 4.59. The fourth-order valence-corrected chi connectivity index (χ4v) is 2.96. The average Bonchev–Trinajstić information content (AvgIpc) is 3.21. The van der Waals surface area contributed by atoms with E-state index in [1.54, 1.807) is 29.6 Å². The molecule has 3 aromatic rings. The van der Waals surface area contributed by atoms with Crippen molar-refractivity contribution in [3.05, 3.63) is 93.7 Å². The molecule has 2 aromatic carbocycles.